The second-order valence-corrected chi connectivity index (χ2v) is 5.06. The summed E-state index contributed by atoms with van der Waals surface area (Å²) in [4.78, 5) is 44.5. The van der Waals surface area contributed by atoms with E-state index in [2.05, 4.69) is 9.97 Å². The lowest BCUT2D eigenvalue weighted by atomic mass is 9.93. The zero-order chi connectivity index (χ0) is 16.1. The van der Waals surface area contributed by atoms with E-state index in [9.17, 15) is 14.4 Å². The van der Waals surface area contributed by atoms with Crippen molar-refractivity contribution in [1.82, 2.24) is 14.4 Å². The standard InChI is InChI=1S/C16H11N3O4/c1-2-23-16(22)9-8-5-3-4-6-19(8)13-10(9)14(20)11-12(15(13)21)18-7-17-11/h3-7H,2H2,1H3,(H,17,18). The maximum absolute atomic E-state index is 12.8. The topological polar surface area (TPSA) is 93.5 Å². The monoisotopic (exact) mass is 309 g/mol. The Morgan fingerprint density at radius 1 is 1.30 bits per heavy atom. The molecule has 0 bridgehead atoms. The van der Waals surface area contributed by atoms with Crippen molar-refractivity contribution >= 4 is 23.1 Å². The summed E-state index contributed by atoms with van der Waals surface area (Å²) < 4.78 is 6.61. The van der Waals surface area contributed by atoms with Crippen LogP contribution in [0.1, 0.15) is 49.5 Å². The van der Waals surface area contributed by atoms with Gasteiger partial charge in [0.05, 0.1) is 29.6 Å². The van der Waals surface area contributed by atoms with E-state index in [1.54, 1.807) is 35.7 Å². The van der Waals surface area contributed by atoms with Crippen molar-refractivity contribution in [3.8, 4) is 0 Å². The highest BCUT2D eigenvalue weighted by Crippen LogP contribution is 2.32. The predicted octanol–water partition coefficient (Wildman–Crippen LogP) is 1.61. The van der Waals surface area contributed by atoms with Crippen LogP contribution in [-0.4, -0.2) is 38.5 Å². The summed E-state index contributed by atoms with van der Waals surface area (Å²) in [5, 5.41) is 0. The van der Waals surface area contributed by atoms with Gasteiger partial charge in [-0.05, 0) is 19.1 Å². The minimum atomic E-state index is -0.624. The number of esters is 1. The van der Waals surface area contributed by atoms with E-state index in [1.165, 1.54) is 6.33 Å². The van der Waals surface area contributed by atoms with Crippen LogP contribution in [0.2, 0.25) is 0 Å². The van der Waals surface area contributed by atoms with Crippen molar-refractivity contribution in [1.29, 1.82) is 0 Å². The largest absolute Gasteiger partial charge is 0.462 e. The molecule has 0 fully saturated rings. The number of fused-ring (bicyclic) bond motifs is 4. The van der Waals surface area contributed by atoms with Gasteiger partial charge < -0.3 is 14.1 Å². The first kappa shape index (κ1) is 13.4. The molecular formula is C16H11N3O4. The van der Waals surface area contributed by atoms with Crippen LogP contribution in [0.4, 0.5) is 0 Å². The summed E-state index contributed by atoms with van der Waals surface area (Å²) in [6, 6.07) is 5.13. The summed E-state index contributed by atoms with van der Waals surface area (Å²) in [6.45, 7) is 1.86. The van der Waals surface area contributed by atoms with Gasteiger partial charge in [-0.15, -0.1) is 0 Å². The maximum atomic E-state index is 12.8. The highest BCUT2D eigenvalue weighted by molar-refractivity contribution is 6.30. The lowest BCUT2D eigenvalue weighted by Gasteiger charge is -2.11. The maximum Gasteiger partial charge on any atom is 0.341 e. The molecule has 0 unspecified atom stereocenters. The number of carbonyl (C=O) groups is 3. The van der Waals surface area contributed by atoms with Gasteiger partial charge in [-0.1, -0.05) is 6.07 Å². The van der Waals surface area contributed by atoms with Gasteiger partial charge in [-0.25, -0.2) is 9.78 Å². The zero-order valence-corrected chi connectivity index (χ0v) is 12.1. The van der Waals surface area contributed by atoms with E-state index >= 15 is 0 Å². The molecule has 4 rings (SSSR count). The van der Waals surface area contributed by atoms with Crippen molar-refractivity contribution in [3.63, 3.8) is 0 Å². The van der Waals surface area contributed by atoms with E-state index in [-0.39, 0.29) is 34.8 Å². The molecule has 0 aliphatic heterocycles. The summed E-state index contributed by atoms with van der Waals surface area (Å²) >= 11 is 0. The highest BCUT2D eigenvalue weighted by Gasteiger charge is 2.39. The van der Waals surface area contributed by atoms with Crippen LogP contribution < -0.4 is 0 Å². The number of rotatable bonds is 2. The van der Waals surface area contributed by atoms with Gasteiger partial charge in [-0.3, -0.25) is 9.59 Å². The van der Waals surface area contributed by atoms with Crippen LogP contribution in [0.5, 0.6) is 0 Å². The van der Waals surface area contributed by atoms with Crippen molar-refractivity contribution in [2.24, 2.45) is 0 Å². The molecule has 0 saturated heterocycles. The summed E-state index contributed by atoms with van der Waals surface area (Å²) in [5.41, 5.74) is 0.957. The third kappa shape index (κ3) is 1.64. The number of H-pyrrole nitrogens is 1. The van der Waals surface area contributed by atoms with Gasteiger partial charge in [0.15, 0.2) is 0 Å². The predicted molar refractivity (Wildman–Crippen MR) is 78.8 cm³/mol. The highest BCUT2D eigenvalue weighted by atomic mass is 16.5. The molecule has 0 spiro atoms. The molecule has 7 nitrogen and oxygen atoms in total. The molecule has 23 heavy (non-hydrogen) atoms. The molecule has 7 heteroatoms. The summed E-state index contributed by atoms with van der Waals surface area (Å²) in [7, 11) is 0. The number of hydrogen-bond donors (Lipinski definition) is 1. The Morgan fingerprint density at radius 2 is 2.13 bits per heavy atom. The number of nitrogens with zero attached hydrogens (tertiary/aromatic N) is 2. The first-order valence-corrected chi connectivity index (χ1v) is 7.08. The second kappa shape index (κ2) is 4.64. The van der Waals surface area contributed by atoms with Crippen LogP contribution >= 0.6 is 0 Å². The number of carbonyl (C=O) groups excluding carboxylic acids is 3. The van der Waals surface area contributed by atoms with Gasteiger partial charge in [0.2, 0.25) is 11.6 Å². The smallest absolute Gasteiger partial charge is 0.341 e. The fourth-order valence-corrected chi connectivity index (χ4v) is 2.94. The van der Waals surface area contributed by atoms with Gasteiger partial charge in [0.1, 0.15) is 17.1 Å². The Bertz CT molecular complexity index is 996. The number of hydrogen-bond acceptors (Lipinski definition) is 5. The Kier molecular flexibility index (Phi) is 2.71. The summed E-state index contributed by atoms with van der Waals surface area (Å²) in [5.74, 6) is -1.45. The van der Waals surface area contributed by atoms with E-state index < -0.39 is 17.5 Å². The number of ketones is 2. The number of pyridine rings is 1. The molecule has 114 valence electrons. The molecule has 0 radical (unpaired) electrons. The first-order chi connectivity index (χ1) is 11.1. The molecule has 0 amide bonds. The Labute approximate surface area is 129 Å². The lowest BCUT2D eigenvalue weighted by Crippen LogP contribution is -2.23. The van der Waals surface area contributed by atoms with E-state index in [0.29, 0.717) is 5.52 Å². The molecule has 3 aromatic rings. The molecule has 0 aromatic carbocycles. The van der Waals surface area contributed by atoms with Crippen LogP contribution in [0, 0.1) is 0 Å². The number of nitrogens with one attached hydrogen (secondary N) is 1. The fraction of sp³-hybridized carbons (Fsp3) is 0.125. The average Bonchev–Trinajstić information content (AvgIpc) is 3.16. The average molecular weight is 309 g/mol. The van der Waals surface area contributed by atoms with E-state index in [1.807, 2.05) is 0 Å². The second-order valence-electron chi connectivity index (χ2n) is 5.06. The first-order valence-electron chi connectivity index (χ1n) is 7.08. The molecule has 1 N–H and O–H groups in total. The van der Waals surface area contributed by atoms with Gasteiger partial charge in [0, 0.05) is 6.20 Å². The molecular weight excluding hydrogens is 298 g/mol. The molecule has 3 aromatic heterocycles. The van der Waals surface area contributed by atoms with Gasteiger partial charge >= 0.3 is 5.97 Å². The zero-order valence-electron chi connectivity index (χ0n) is 12.1. The summed E-state index contributed by atoms with van der Waals surface area (Å²) in [6.07, 6.45) is 2.93. The van der Waals surface area contributed by atoms with E-state index in [0.717, 1.165) is 0 Å². The third-order valence-corrected chi connectivity index (χ3v) is 3.85. The number of aromatic nitrogens is 3. The Balaban J connectivity index is 2.11. The van der Waals surface area contributed by atoms with Crippen molar-refractivity contribution in [3.05, 3.63) is 58.9 Å². The van der Waals surface area contributed by atoms with Crippen molar-refractivity contribution in [2.75, 3.05) is 6.61 Å². The van der Waals surface area contributed by atoms with E-state index in [4.69, 9.17) is 4.74 Å². The normalized spacial score (nSPS) is 13.1. The van der Waals surface area contributed by atoms with Crippen LogP contribution in [0.3, 0.4) is 0 Å². The Morgan fingerprint density at radius 3 is 2.91 bits per heavy atom. The quantitative estimate of drug-likeness (QED) is 0.568. The van der Waals surface area contributed by atoms with Crippen LogP contribution in [-0.2, 0) is 4.74 Å². The third-order valence-electron chi connectivity index (χ3n) is 3.85. The minimum Gasteiger partial charge on any atom is -0.462 e. The number of ether oxygens (including phenoxy) is 1. The molecule has 1 aliphatic carbocycles. The number of aromatic amines is 1. The van der Waals surface area contributed by atoms with Crippen LogP contribution in [0.15, 0.2) is 30.7 Å². The Hall–Kier alpha value is -3.22. The van der Waals surface area contributed by atoms with Gasteiger partial charge in [-0.2, -0.15) is 0 Å². The van der Waals surface area contributed by atoms with Gasteiger partial charge in [0.25, 0.3) is 0 Å². The number of imidazole rings is 1. The van der Waals surface area contributed by atoms with Crippen molar-refractivity contribution < 1.29 is 19.1 Å². The lowest BCUT2D eigenvalue weighted by molar-refractivity contribution is 0.0526. The molecule has 1 aliphatic rings. The van der Waals surface area contributed by atoms with Crippen LogP contribution in [0.25, 0.3) is 5.52 Å². The SMILES string of the molecule is CCOC(=O)c1c2c(n3ccccc13)C(=O)c1nc[nH]c1C2=O. The molecule has 0 saturated carbocycles. The van der Waals surface area contributed by atoms with Crippen molar-refractivity contribution in [2.45, 2.75) is 6.92 Å². The molecule has 3 heterocycles. The fourth-order valence-electron chi connectivity index (χ4n) is 2.94. The molecule has 0 atom stereocenters. The minimum absolute atomic E-state index is 0.0661.